The molecule has 1 saturated heterocycles. The van der Waals surface area contributed by atoms with E-state index in [4.69, 9.17) is 0 Å². The molecule has 1 aliphatic heterocycles. The lowest BCUT2D eigenvalue weighted by atomic mass is 10.1. The lowest BCUT2D eigenvalue weighted by molar-refractivity contribution is 0.148. The van der Waals surface area contributed by atoms with Crippen molar-refractivity contribution in [3.63, 3.8) is 0 Å². The van der Waals surface area contributed by atoms with Crippen LogP contribution in [0.15, 0.2) is 36.7 Å². The highest BCUT2D eigenvalue weighted by Gasteiger charge is 2.16. The Morgan fingerprint density at radius 1 is 1.04 bits per heavy atom. The molecule has 0 bridgehead atoms. The molecule has 0 aliphatic carbocycles. The Balaban J connectivity index is 1.52. The first-order chi connectivity index (χ1) is 13.4. The van der Waals surface area contributed by atoms with Gasteiger partial charge in [0.25, 0.3) is 0 Å². The van der Waals surface area contributed by atoms with E-state index in [1.807, 2.05) is 0 Å². The summed E-state index contributed by atoms with van der Waals surface area (Å²) in [6, 6.07) is 11.0. The van der Waals surface area contributed by atoms with Gasteiger partial charge in [-0.05, 0) is 45.0 Å². The van der Waals surface area contributed by atoms with Crippen LogP contribution in [0.3, 0.4) is 0 Å². The Morgan fingerprint density at radius 3 is 2.43 bits per heavy atom. The molecule has 6 heteroatoms. The molecule has 3 aromatic rings. The maximum Gasteiger partial charge on any atom is 0.143 e. The average molecular weight is 379 g/mol. The third-order valence-corrected chi connectivity index (χ3v) is 5.19. The summed E-state index contributed by atoms with van der Waals surface area (Å²) in [6.07, 6.45) is 1.61. The van der Waals surface area contributed by atoms with Gasteiger partial charge in [0.15, 0.2) is 0 Å². The van der Waals surface area contributed by atoms with E-state index in [2.05, 4.69) is 88.2 Å². The number of aromatic amines is 1. The Morgan fingerprint density at radius 2 is 1.75 bits per heavy atom. The van der Waals surface area contributed by atoms with Crippen LogP contribution in [0, 0.1) is 0 Å². The van der Waals surface area contributed by atoms with Gasteiger partial charge in [-0.1, -0.05) is 24.3 Å². The van der Waals surface area contributed by atoms with Crippen molar-refractivity contribution in [2.24, 2.45) is 0 Å². The minimum atomic E-state index is -0.0520. The average Bonchev–Trinajstić information content (AvgIpc) is 3.08. The third-order valence-electron chi connectivity index (χ3n) is 5.19. The fourth-order valence-corrected chi connectivity index (χ4v) is 3.60. The van der Waals surface area contributed by atoms with E-state index in [0.717, 1.165) is 55.3 Å². The number of piperazine rings is 1. The van der Waals surface area contributed by atoms with Crippen LogP contribution in [-0.4, -0.2) is 63.5 Å². The largest absolute Gasteiger partial charge is 0.365 e. The number of hydrogen-bond donors (Lipinski definition) is 2. The Kier molecular flexibility index (Phi) is 5.08. The number of anilines is 1. The summed E-state index contributed by atoms with van der Waals surface area (Å²) in [4.78, 5) is 17.2. The smallest absolute Gasteiger partial charge is 0.143 e. The Labute approximate surface area is 167 Å². The van der Waals surface area contributed by atoms with Crippen LogP contribution in [0.2, 0.25) is 0 Å². The first kappa shape index (κ1) is 18.9. The molecular weight excluding hydrogens is 348 g/mol. The summed E-state index contributed by atoms with van der Waals surface area (Å²) in [6.45, 7) is 12.0. The Hall–Kier alpha value is -2.44. The Bertz CT molecular complexity index is 930. The molecule has 2 N–H and O–H groups in total. The molecule has 2 aromatic heterocycles. The number of nitrogens with zero attached hydrogens (tertiary/aromatic N) is 4. The predicted octanol–water partition coefficient (Wildman–Crippen LogP) is 3.58. The van der Waals surface area contributed by atoms with Gasteiger partial charge in [0, 0.05) is 44.0 Å². The SMILES string of the molecule is CN1CCN(Cc2ccc(-c3cc4c(NC(C)(C)C)ncnc4[nH]3)cc2)CC1. The van der Waals surface area contributed by atoms with Crippen LogP contribution in [0.25, 0.3) is 22.3 Å². The quantitative estimate of drug-likeness (QED) is 0.727. The highest BCUT2D eigenvalue weighted by Crippen LogP contribution is 2.28. The molecule has 0 amide bonds. The van der Waals surface area contributed by atoms with E-state index in [0.29, 0.717) is 0 Å². The molecule has 3 heterocycles. The van der Waals surface area contributed by atoms with Crippen LogP contribution >= 0.6 is 0 Å². The monoisotopic (exact) mass is 378 g/mol. The van der Waals surface area contributed by atoms with Crippen molar-refractivity contribution < 1.29 is 0 Å². The van der Waals surface area contributed by atoms with Gasteiger partial charge in [0.2, 0.25) is 0 Å². The summed E-state index contributed by atoms with van der Waals surface area (Å²) in [7, 11) is 2.19. The molecule has 148 valence electrons. The van der Waals surface area contributed by atoms with E-state index in [-0.39, 0.29) is 5.54 Å². The molecule has 1 fully saturated rings. The minimum absolute atomic E-state index is 0.0520. The van der Waals surface area contributed by atoms with Crippen LogP contribution in [0.1, 0.15) is 26.3 Å². The van der Waals surface area contributed by atoms with E-state index < -0.39 is 0 Å². The van der Waals surface area contributed by atoms with E-state index in [9.17, 15) is 0 Å². The summed E-state index contributed by atoms with van der Waals surface area (Å²) >= 11 is 0. The van der Waals surface area contributed by atoms with Gasteiger partial charge < -0.3 is 15.2 Å². The second-order valence-corrected chi connectivity index (χ2v) is 8.82. The maximum atomic E-state index is 4.43. The maximum absolute atomic E-state index is 4.43. The van der Waals surface area contributed by atoms with Gasteiger partial charge >= 0.3 is 0 Å². The van der Waals surface area contributed by atoms with Crippen molar-refractivity contribution in [2.45, 2.75) is 32.9 Å². The van der Waals surface area contributed by atoms with Crippen LogP contribution in [0.5, 0.6) is 0 Å². The fraction of sp³-hybridized carbons (Fsp3) is 0.455. The van der Waals surface area contributed by atoms with Crippen LogP contribution in [-0.2, 0) is 6.54 Å². The molecule has 28 heavy (non-hydrogen) atoms. The number of H-pyrrole nitrogens is 1. The van der Waals surface area contributed by atoms with E-state index >= 15 is 0 Å². The van der Waals surface area contributed by atoms with Crippen molar-refractivity contribution in [1.29, 1.82) is 0 Å². The minimum Gasteiger partial charge on any atom is -0.365 e. The van der Waals surface area contributed by atoms with Crippen molar-refractivity contribution in [1.82, 2.24) is 24.8 Å². The number of nitrogens with one attached hydrogen (secondary N) is 2. The molecule has 0 saturated carbocycles. The highest BCUT2D eigenvalue weighted by molar-refractivity contribution is 5.91. The number of likely N-dealkylation sites (N-methyl/N-ethyl adjacent to an activating group) is 1. The van der Waals surface area contributed by atoms with Gasteiger partial charge in [0.05, 0.1) is 5.39 Å². The normalized spacial score (nSPS) is 16.6. The standard InChI is InChI=1S/C22H30N6/c1-22(2,3)26-21-18-13-19(25-20(18)23-15-24-21)17-7-5-16(6-8-17)14-28-11-9-27(4)10-12-28/h5-8,13,15H,9-12,14H2,1-4H3,(H2,23,24,25,26). The summed E-state index contributed by atoms with van der Waals surface area (Å²) in [5.41, 5.74) is 4.40. The van der Waals surface area contributed by atoms with Crippen LogP contribution in [0.4, 0.5) is 5.82 Å². The first-order valence-electron chi connectivity index (χ1n) is 9.99. The zero-order valence-electron chi connectivity index (χ0n) is 17.3. The van der Waals surface area contributed by atoms with E-state index in [1.54, 1.807) is 6.33 Å². The molecule has 6 nitrogen and oxygen atoms in total. The van der Waals surface area contributed by atoms with Crippen molar-refractivity contribution in [2.75, 3.05) is 38.5 Å². The lowest BCUT2D eigenvalue weighted by Gasteiger charge is -2.32. The predicted molar refractivity (Wildman–Crippen MR) is 115 cm³/mol. The molecule has 4 rings (SSSR count). The zero-order valence-corrected chi connectivity index (χ0v) is 17.3. The molecule has 0 unspecified atom stereocenters. The van der Waals surface area contributed by atoms with Crippen LogP contribution < -0.4 is 5.32 Å². The molecule has 1 aliphatic rings. The molecule has 0 radical (unpaired) electrons. The zero-order chi connectivity index (χ0) is 19.7. The first-order valence-corrected chi connectivity index (χ1v) is 9.99. The summed E-state index contributed by atoms with van der Waals surface area (Å²) in [5.74, 6) is 0.867. The van der Waals surface area contributed by atoms with Gasteiger partial charge in [0.1, 0.15) is 17.8 Å². The van der Waals surface area contributed by atoms with E-state index in [1.165, 1.54) is 11.1 Å². The fourth-order valence-electron chi connectivity index (χ4n) is 3.60. The van der Waals surface area contributed by atoms with Gasteiger partial charge in [-0.25, -0.2) is 9.97 Å². The van der Waals surface area contributed by atoms with Crippen molar-refractivity contribution in [3.05, 3.63) is 42.2 Å². The number of aromatic nitrogens is 3. The van der Waals surface area contributed by atoms with Crippen molar-refractivity contribution >= 4 is 16.9 Å². The number of rotatable bonds is 4. The van der Waals surface area contributed by atoms with Gasteiger partial charge in [-0.3, -0.25) is 4.90 Å². The highest BCUT2D eigenvalue weighted by atomic mass is 15.2. The third kappa shape index (κ3) is 4.34. The second kappa shape index (κ2) is 7.53. The van der Waals surface area contributed by atoms with Gasteiger partial charge in [-0.15, -0.1) is 0 Å². The number of benzene rings is 1. The molecule has 1 aromatic carbocycles. The topological polar surface area (TPSA) is 60.1 Å². The molecule has 0 spiro atoms. The number of hydrogen-bond acceptors (Lipinski definition) is 5. The van der Waals surface area contributed by atoms with Gasteiger partial charge in [-0.2, -0.15) is 0 Å². The second-order valence-electron chi connectivity index (χ2n) is 8.82. The summed E-state index contributed by atoms with van der Waals surface area (Å²) in [5, 5.41) is 4.49. The summed E-state index contributed by atoms with van der Waals surface area (Å²) < 4.78 is 0. The van der Waals surface area contributed by atoms with Crippen molar-refractivity contribution in [3.8, 4) is 11.3 Å². The number of fused-ring (bicyclic) bond motifs is 1. The molecule has 0 atom stereocenters. The molecular formula is C22H30N6. The lowest BCUT2D eigenvalue weighted by Crippen LogP contribution is -2.43.